The lowest BCUT2D eigenvalue weighted by Crippen LogP contribution is -2.38. The maximum absolute atomic E-state index is 11.0. The first-order valence-electron chi connectivity index (χ1n) is 6.83. The Hall–Kier alpha value is -2.22. The number of aliphatic imine (C=N–C) groups is 1. The molecule has 0 saturated heterocycles. The summed E-state index contributed by atoms with van der Waals surface area (Å²) in [6.07, 6.45) is 4.89. The summed E-state index contributed by atoms with van der Waals surface area (Å²) in [5.41, 5.74) is 6.37. The Bertz CT molecular complexity index is 546. The predicted molar refractivity (Wildman–Crippen MR) is 86.0 cm³/mol. The van der Waals surface area contributed by atoms with Crippen molar-refractivity contribution in [2.45, 2.75) is 33.2 Å². The van der Waals surface area contributed by atoms with Gasteiger partial charge in [0.1, 0.15) is 11.4 Å². The van der Waals surface area contributed by atoms with Crippen molar-refractivity contribution < 1.29 is 5.03 Å². The number of nitrogens with two attached hydrogens (primary N) is 1. The minimum Gasteiger partial charge on any atom is -0.363 e. The Balaban J connectivity index is 2.75. The topological polar surface area (TPSA) is 110 Å². The number of rotatable bonds is 7. The van der Waals surface area contributed by atoms with Crippen LogP contribution in [0.15, 0.2) is 28.4 Å². The molecule has 0 amide bonds. The van der Waals surface area contributed by atoms with E-state index in [0.29, 0.717) is 10.3 Å². The summed E-state index contributed by atoms with van der Waals surface area (Å²) >= 11 is 5.67. The first-order valence-corrected chi connectivity index (χ1v) is 7.20. The van der Waals surface area contributed by atoms with Crippen LogP contribution in [0.5, 0.6) is 0 Å². The van der Waals surface area contributed by atoms with Crippen LogP contribution in [0.25, 0.3) is 0 Å². The van der Waals surface area contributed by atoms with Gasteiger partial charge in [-0.25, -0.2) is 9.98 Å². The summed E-state index contributed by atoms with van der Waals surface area (Å²) in [7, 11) is 0. The van der Waals surface area contributed by atoms with Crippen LogP contribution in [0.4, 0.5) is 0 Å². The van der Waals surface area contributed by atoms with Gasteiger partial charge in [0, 0.05) is 17.2 Å². The minimum atomic E-state index is -0.714. The quantitative estimate of drug-likeness (QED) is 0.272. The summed E-state index contributed by atoms with van der Waals surface area (Å²) in [4.78, 5) is 18.8. The number of guanidine groups is 1. The highest BCUT2D eigenvalue weighted by Gasteiger charge is 2.18. The molecule has 8 nitrogen and oxygen atoms in total. The molecule has 2 N–H and O–H groups in total. The van der Waals surface area contributed by atoms with E-state index >= 15 is 0 Å². The molecule has 0 aliphatic carbocycles. The highest BCUT2D eigenvalue weighted by molar-refractivity contribution is 6.29. The molecule has 0 spiro atoms. The van der Waals surface area contributed by atoms with Crippen molar-refractivity contribution >= 4 is 23.8 Å². The van der Waals surface area contributed by atoms with E-state index in [1.54, 1.807) is 12.1 Å². The van der Waals surface area contributed by atoms with E-state index < -0.39 is 5.03 Å². The number of nitro groups is 1. The Morgan fingerprint density at radius 1 is 1.64 bits per heavy atom. The second-order valence-corrected chi connectivity index (χ2v) is 5.11. The van der Waals surface area contributed by atoms with Crippen LogP contribution in [0.1, 0.15) is 32.3 Å². The van der Waals surface area contributed by atoms with Gasteiger partial charge in [-0.15, -0.1) is 0 Å². The van der Waals surface area contributed by atoms with Crippen molar-refractivity contribution in [3.8, 4) is 0 Å². The average molecular weight is 327 g/mol. The van der Waals surface area contributed by atoms with Gasteiger partial charge in [-0.05, 0) is 18.1 Å². The zero-order chi connectivity index (χ0) is 16.5. The van der Waals surface area contributed by atoms with Gasteiger partial charge in [0.15, 0.2) is 0 Å². The van der Waals surface area contributed by atoms with Crippen molar-refractivity contribution in [1.29, 1.82) is 0 Å². The van der Waals surface area contributed by atoms with Gasteiger partial charge >= 0.3 is 0 Å². The molecular weight excluding hydrogens is 308 g/mol. The highest BCUT2D eigenvalue weighted by Crippen LogP contribution is 2.07. The number of pyridine rings is 1. The maximum Gasteiger partial charge on any atom is 0.283 e. The monoisotopic (exact) mass is 326 g/mol. The molecule has 9 heteroatoms. The summed E-state index contributed by atoms with van der Waals surface area (Å²) < 4.78 is 0. The van der Waals surface area contributed by atoms with Crippen molar-refractivity contribution in [3.05, 3.63) is 39.2 Å². The van der Waals surface area contributed by atoms with Crippen LogP contribution < -0.4 is 5.73 Å². The van der Waals surface area contributed by atoms with Crippen LogP contribution in [0.2, 0.25) is 5.15 Å². The number of nitrogens with zero attached hydrogens (tertiary/aromatic N) is 5. The van der Waals surface area contributed by atoms with E-state index in [-0.39, 0.29) is 18.4 Å². The zero-order valence-corrected chi connectivity index (χ0v) is 13.3. The maximum atomic E-state index is 11.0. The Morgan fingerprint density at radius 2 is 2.36 bits per heavy atom. The summed E-state index contributed by atoms with van der Waals surface area (Å²) in [5.74, 6) is -0.166. The molecule has 0 saturated carbocycles. The molecule has 0 aliphatic heterocycles. The molecule has 0 aliphatic rings. The Kier molecular flexibility index (Phi) is 7.24. The fourth-order valence-electron chi connectivity index (χ4n) is 1.63. The second-order valence-electron chi connectivity index (χ2n) is 4.72. The lowest BCUT2D eigenvalue weighted by Gasteiger charge is -2.08. The van der Waals surface area contributed by atoms with Crippen LogP contribution in [-0.4, -0.2) is 27.3 Å². The Labute approximate surface area is 133 Å². The van der Waals surface area contributed by atoms with Crippen LogP contribution in [0, 0.1) is 16.0 Å². The molecule has 22 heavy (non-hydrogen) atoms. The fraction of sp³-hybridized carbons (Fsp3) is 0.462. The number of hydrogen-bond acceptors (Lipinski definition) is 5. The number of halogens is 1. The van der Waals surface area contributed by atoms with Gasteiger partial charge in [0.2, 0.25) is 0 Å². The average Bonchev–Trinajstić information content (AvgIpc) is 2.46. The van der Waals surface area contributed by atoms with E-state index in [0.717, 1.165) is 18.4 Å². The van der Waals surface area contributed by atoms with Gasteiger partial charge < -0.3 is 15.8 Å². The van der Waals surface area contributed by atoms with Crippen molar-refractivity contribution in [3.63, 3.8) is 0 Å². The molecule has 1 rings (SSSR count). The first-order chi connectivity index (χ1) is 10.4. The second kappa shape index (κ2) is 8.93. The van der Waals surface area contributed by atoms with E-state index in [9.17, 15) is 10.1 Å². The van der Waals surface area contributed by atoms with Crippen LogP contribution >= 0.6 is 11.6 Å². The molecule has 0 radical (unpaired) electrons. The molecule has 1 aromatic rings. The predicted octanol–water partition coefficient (Wildman–Crippen LogP) is 2.47. The van der Waals surface area contributed by atoms with Crippen LogP contribution in [0.3, 0.4) is 0 Å². The van der Waals surface area contributed by atoms with Crippen molar-refractivity contribution in [2.75, 3.05) is 0 Å². The van der Waals surface area contributed by atoms with E-state index in [1.807, 2.05) is 13.8 Å². The summed E-state index contributed by atoms with van der Waals surface area (Å²) in [6, 6.07) is 3.33. The minimum absolute atomic E-state index is 0.126. The lowest BCUT2D eigenvalue weighted by atomic mass is 10.1. The lowest BCUT2D eigenvalue weighted by molar-refractivity contribution is -0.630. The highest BCUT2D eigenvalue weighted by atomic mass is 35.5. The number of hydrazine groups is 1. The number of hydrazone groups is 1. The van der Waals surface area contributed by atoms with E-state index in [4.69, 9.17) is 17.3 Å². The van der Waals surface area contributed by atoms with Crippen LogP contribution in [-0.2, 0) is 6.54 Å². The SMILES string of the molecule is CCCC(C)C=NN(C(N)=NCc1ccc(Cl)nc1)[N+](=O)[O-]. The summed E-state index contributed by atoms with van der Waals surface area (Å²) in [5, 5.41) is 14.9. The smallest absolute Gasteiger partial charge is 0.283 e. The third-order valence-corrected chi connectivity index (χ3v) is 2.97. The van der Waals surface area contributed by atoms with Crippen molar-refractivity contribution in [2.24, 2.45) is 21.7 Å². The molecular formula is C13H19ClN6O2. The molecule has 1 heterocycles. The molecule has 1 unspecified atom stereocenters. The number of aromatic nitrogens is 1. The van der Waals surface area contributed by atoms with Gasteiger partial charge in [-0.2, -0.15) is 0 Å². The van der Waals surface area contributed by atoms with Gasteiger partial charge in [0.05, 0.1) is 16.7 Å². The Morgan fingerprint density at radius 3 is 2.91 bits per heavy atom. The standard InChI is InChI=1S/C13H19ClN6O2/c1-3-4-10(2)7-18-19(20(21)22)13(15)17-9-11-5-6-12(14)16-8-11/h5-8,10H,3-4,9H2,1-2H3,(H2,15,17). The summed E-state index contributed by atoms with van der Waals surface area (Å²) in [6.45, 7) is 4.11. The number of hydrogen-bond donors (Lipinski definition) is 1. The van der Waals surface area contributed by atoms with Crippen molar-refractivity contribution in [1.82, 2.24) is 10.1 Å². The molecule has 0 aromatic carbocycles. The normalized spacial score (nSPS) is 13.3. The van der Waals surface area contributed by atoms with Gasteiger partial charge in [-0.1, -0.05) is 37.9 Å². The zero-order valence-electron chi connectivity index (χ0n) is 12.5. The van der Waals surface area contributed by atoms with E-state index in [2.05, 4.69) is 15.1 Å². The van der Waals surface area contributed by atoms with Gasteiger partial charge in [0.25, 0.3) is 5.96 Å². The molecule has 120 valence electrons. The molecule has 0 fully saturated rings. The third kappa shape index (κ3) is 6.04. The van der Waals surface area contributed by atoms with E-state index in [1.165, 1.54) is 12.4 Å². The molecule has 1 aromatic heterocycles. The first kappa shape index (κ1) is 17.8. The third-order valence-electron chi connectivity index (χ3n) is 2.75. The molecule has 1 atom stereocenters. The largest absolute Gasteiger partial charge is 0.363 e. The van der Waals surface area contributed by atoms with Gasteiger partial charge in [-0.3, -0.25) is 0 Å². The fourth-order valence-corrected chi connectivity index (χ4v) is 1.74. The molecule has 0 bridgehead atoms.